The van der Waals surface area contributed by atoms with Gasteiger partial charge in [-0.3, -0.25) is 14.4 Å². The quantitative estimate of drug-likeness (QED) is 0.258. The molecule has 0 aromatic rings. The van der Waals surface area contributed by atoms with E-state index in [0.29, 0.717) is 31.1 Å². The van der Waals surface area contributed by atoms with Crippen LogP contribution in [-0.4, -0.2) is 48.7 Å². The van der Waals surface area contributed by atoms with Crippen molar-refractivity contribution in [2.75, 3.05) is 7.05 Å². The highest BCUT2D eigenvalue weighted by Crippen LogP contribution is 2.70. The molecule has 1 N–H and O–H groups in total. The Balaban J connectivity index is 1.27. The number of ether oxygens (including phenoxy) is 2. The van der Waals surface area contributed by atoms with Gasteiger partial charge < -0.3 is 14.8 Å². The summed E-state index contributed by atoms with van der Waals surface area (Å²) >= 11 is 0. The molecule has 5 saturated carbocycles. The predicted octanol–water partition coefficient (Wildman–Crippen LogP) is 6.40. The van der Waals surface area contributed by atoms with Gasteiger partial charge in [-0.2, -0.15) is 19.6 Å². The van der Waals surface area contributed by atoms with E-state index >= 15 is 0 Å². The van der Waals surface area contributed by atoms with Crippen LogP contribution in [0.25, 0.3) is 0 Å². The van der Waals surface area contributed by atoms with Crippen LogP contribution in [0.15, 0.2) is 0 Å². The Labute approximate surface area is 274 Å². The Hall–Kier alpha value is -1.75. The zero-order valence-electron chi connectivity index (χ0n) is 29.1. The average Bonchev–Trinajstić information content (AvgIpc) is 3.37. The lowest BCUT2D eigenvalue weighted by molar-refractivity contribution is -0.665. The second kappa shape index (κ2) is 12.6. The van der Waals surface area contributed by atoms with Crippen LogP contribution in [0.1, 0.15) is 125 Å². The number of nitrogens with one attached hydrogen (secondary N) is 1. The van der Waals surface area contributed by atoms with Gasteiger partial charge >= 0.3 is 11.9 Å². The first-order chi connectivity index (χ1) is 21.7. The smallest absolute Gasteiger partial charge is 0.302 e. The van der Waals surface area contributed by atoms with Crippen molar-refractivity contribution >= 4 is 17.8 Å². The Morgan fingerprint density at radius 3 is 2.13 bits per heavy atom. The Morgan fingerprint density at radius 2 is 1.50 bits per heavy atom. The standard InChI is InChI=1S/C36H57NO9/c1-21-12-14-35(15-13-21)43-45-36(46-44-35)17-16-33(5)25(20-36)18-29(41-23(3)38)32-27-10-9-26(22(2)8-11-31(40)37-7)34(27,6)30(19-28(32)33)42-24(4)39/h21-22,25-30,32H,8-20H2,1-7H3,(H,37,40)/t21?,22?,25-,26?,27+,28+,29-,30+,32+,33+,34-,35?,36?/m1/s1. The molecule has 1 heterocycles. The van der Waals surface area contributed by atoms with Crippen molar-refractivity contribution in [3.8, 4) is 0 Å². The normalized spacial score (nSPS) is 47.3. The van der Waals surface area contributed by atoms with Crippen LogP contribution >= 0.6 is 0 Å². The van der Waals surface area contributed by atoms with E-state index in [0.717, 1.165) is 64.2 Å². The third kappa shape index (κ3) is 5.91. The average molecular weight is 648 g/mol. The fraction of sp³-hybridized carbons (Fsp3) is 0.917. The predicted molar refractivity (Wildman–Crippen MR) is 167 cm³/mol. The molecule has 10 heteroatoms. The highest BCUT2D eigenvalue weighted by atomic mass is 17.4. The van der Waals surface area contributed by atoms with E-state index in [4.69, 9.17) is 29.0 Å². The van der Waals surface area contributed by atoms with Crippen LogP contribution in [0.3, 0.4) is 0 Å². The fourth-order valence-corrected chi connectivity index (χ4v) is 11.3. The van der Waals surface area contributed by atoms with E-state index in [1.54, 1.807) is 7.05 Å². The van der Waals surface area contributed by atoms with Gasteiger partial charge in [-0.05, 0) is 92.3 Å². The number of carbonyl (C=O) groups excluding carboxylic acids is 3. The molecule has 46 heavy (non-hydrogen) atoms. The summed E-state index contributed by atoms with van der Waals surface area (Å²) in [5.41, 5.74) is -0.382. The number of amides is 1. The second-order valence-corrected chi connectivity index (χ2v) is 16.5. The monoisotopic (exact) mass is 647 g/mol. The fourth-order valence-electron chi connectivity index (χ4n) is 11.3. The van der Waals surface area contributed by atoms with Gasteiger partial charge in [0.15, 0.2) is 0 Å². The second-order valence-electron chi connectivity index (χ2n) is 16.5. The number of fused-ring (bicyclic) bond motifs is 5. The van der Waals surface area contributed by atoms with E-state index in [1.165, 1.54) is 13.8 Å². The van der Waals surface area contributed by atoms with Crippen molar-refractivity contribution in [3.05, 3.63) is 0 Å². The van der Waals surface area contributed by atoms with Crippen molar-refractivity contribution < 1.29 is 43.4 Å². The van der Waals surface area contributed by atoms with Gasteiger partial charge in [0.25, 0.3) is 0 Å². The van der Waals surface area contributed by atoms with Crippen LogP contribution in [0.2, 0.25) is 0 Å². The van der Waals surface area contributed by atoms with Crippen molar-refractivity contribution in [2.45, 2.75) is 149 Å². The maximum atomic E-state index is 12.6. The number of hydrogen-bond acceptors (Lipinski definition) is 9. The molecule has 2 spiro atoms. The molecule has 0 bridgehead atoms. The minimum absolute atomic E-state index is 0.0493. The maximum absolute atomic E-state index is 12.6. The lowest BCUT2D eigenvalue weighted by atomic mass is 9.42. The summed E-state index contributed by atoms with van der Waals surface area (Å²) in [4.78, 5) is 61.9. The SMILES string of the molecule is CNC(=O)CCC(C)C1CC[C@H]2[C@@H]3[C@H](OC(C)=O)C[C@@H]4CC5(CC[C@]4(C)[C@H]3C[C@H](OC(C)=O)[C@]12C)OOC1(CCC(C)CC1)OO5. The van der Waals surface area contributed by atoms with E-state index in [2.05, 4.69) is 33.0 Å². The molecule has 0 aromatic heterocycles. The van der Waals surface area contributed by atoms with Crippen molar-refractivity contribution in [1.29, 1.82) is 0 Å². The van der Waals surface area contributed by atoms with Gasteiger partial charge in [0.05, 0.1) is 0 Å². The molecule has 0 aromatic carbocycles. The minimum atomic E-state index is -0.997. The molecule has 1 saturated heterocycles. The Morgan fingerprint density at radius 1 is 0.848 bits per heavy atom. The summed E-state index contributed by atoms with van der Waals surface area (Å²) in [5.74, 6) is -0.401. The van der Waals surface area contributed by atoms with Crippen LogP contribution in [0.5, 0.6) is 0 Å². The maximum Gasteiger partial charge on any atom is 0.302 e. The third-order valence-corrected chi connectivity index (χ3v) is 14.0. The molecule has 260 valence electrons. The van der Waals surface area contributed by atoms with Crippen LogP contribution in [-0.2, 0) is 43.4 Å². The molecule has 6 fully saturated rings. The minimum Gasteiger partial charge on any atom is -0.462 e. The lowest BCUT2D eigenvalue weighted by Crippen LogP contribution is -2.65. The summed E-state index contributed by atoms with van der Waals surface area (Å²) in [6, 6.07) is 0. The molecule has 1 amide bonds. The molecular formula is C36H57NO9. The first-order valence-electron chi connectivity index (χ1n) is 18.0. The molecule has 6 rings (SSSR count). The topological polar surface area (TPSA) is 119 Å². The first-order valence-corrected chi connectivity index (χ1v) is 18.0. The Bertz CT molecular complexity index is 1160. The summed E-state index contributed by atoms with van der Waals surface area (Å²) in [6.07, 6.45) is 9.74. The van der Waals surface area contributed by atoms with Crippen LogP contribution < -0.4 is 5.32 Å². The molecule has 6 aliphatic rings. The number of carbonyl (C=O) groups is 3. The Kier molecular flexibility index (Phi) is 9.35. The largest absolute Gasteiger partial charge is 0.462 e. The molecular weight excluding hydrogens is 590 g/mol. The number of rotatable bonds is 6. The first kappa shape index (κ1) is 34.1. The van der Waals surface area contributed by atoms with Crippen molar-refractivity contribution in [3.63, 3.8) is 0 Å². The zero-order valence-corrected chi connectivity index (χ0v) is 29.1. The summed E-state index contributed by atoms with van der Waals surface area (Å²) < 4.78 is 12.5. The third-order valence-electron chi connectivity index (χ3n) is 14.0. The summed E-state index contributed by atoms with van der Waals surface area (Å²) in [7, 11) is 1.68. The molecule has 10 nitrogen and oxygen atoms in total. The van der Waals surface area contributed by atoms with Gasteiger partial charge in [-0.1, -0.05) is 27.7 Å². The van der Waals surface area contributed by atoms with E-state index in [1.807, 2.05) is 0 Å². The molecule has 10 atom stereocenters. The molecule has 5 aliphatic carbocycles. The molecule has 1 aliphatic heterocycles. The van der Waals surface area contributed by atoms with E-state index in [9.17, 15) is 14.4 Å². The lowest BCUT2D eigenvalue weighted by Gasteiger charge is -2.65. The van der Waals surface area contributed by atoms with Crippen molar-refractivity contribution in [1.82, 2.24) is 5.32 Å². The molecule has 2 unspecified atom stereocenters. The van der Waals surface area contributed by atoms with E-state index in [-0.39, 0.29) is 70.5 Å². The number of esters is 2. The van der Waals surface area contributed by atoms with E-state index < -0.39 is 11.6 Å². The summed E-state index contributed by atoms with van der Waals surface area (Å²) in [6.45, 7) is 12.2. The van der Waals surface area contributed by atoms with Gasteiger partial charge in [0.1, 0.15) is 12.2 Å². The van der Waals surface area contributed by atoms with Gasteiger partial charge in [-0.15, -0.1) is 0 Å². The van der Waals surface area contributed by atoms with Crippen LogP contribution in [0.4, 0.5) is 0 Å². The van der Waals surface area contributed by atoms with Crippen molar-refractivity contribution in [2.24, 2.45) is 52.3 Å². The summed E-state index contributed by atoms with van der Waals surface area (Å²) in [5, 5.41) is 2.75. The van der Waals surface area contributed by atoms with Gasteiger partial charge in [0.2, 0.25) is 17.5 Å². The highest BCUT2D eigenvalue weighted by Gasteiger charge is 2.69. The van der Waals surface area contributed by atoms with Crippen LogP contribution in [0, 0.1) is 52.3 Å². The molecule has 0 radical (unpaired) electrons. The van der Waals surface area contributed by atoms with Gasteiger partial charge in [-0.25, -0.2) is 0 Å². The highest BCUT2D eigenvalue weighted by molar-refractivity contribution is 5.75. The number of hydrogen-bond donors (Lipinski definition) is 1. The zero-order chi connectivity index (χ0) is 33.1. The van der Waals surface area contributed by atoms with Gasteiger partial charge in [0, 0.05) is 64.3 Å².